The Morgan fingerprint density at radius 2 is 1.96 bits per heavy atom. The summed E-state index contributed by atoms with van der Waals surface area (Å²) < 4.78 is 3.28. The molecular formula is C20H17N5O2. The lowest BCUT2D eigenvalue weighted by Gasteiger charge is -2.07. The first-order valence-corrected chi connectivity index (χ1v) is 8.42. The number of aromatic nitrogens is 4. The molecule has 0 aliphatic heterocycles. The van der Waals surface area contributed by atoms with E-state index in [1.165, 1.54) is 10.6 Å². The normalized spacial score (nSPS) is 10.9. The summed E-state index contributed by atoms with van der Waals surface area (Å²) in [6.07, 6.45) is 5.22. The highest BCUT2D eigenvalue weighted by atomic mass is 16.2. The van der Waals surface area contributed by atoms with E-state index in [1.54, 1.807) is 31.6 Å². The average molecular weight is 359 g/mol. The number of pyridine rings is 1. The van der Waals surface area contributed by atoms with Crippen molar-refractivity contribution in [2.75, 3.05) is 5.32 Å². The van der Waals surface area contributed by atoms with Crippen molar-refractivity contribution in [3.05, 3.63) is 82.7 Å². The van der Waals surface area contributed by atoms with Gasteiger partial charge in [-0.25, -0.2) is 9.97 Å². The summed E-state index contributed by atoms with van der Waals surface area (Å²) in [5.74, 6) is 0.175. The first kappa shape index (κ1) is 16.7. The van der Waals surface area contributed by atoms with Gasteiger partial charge >= 0.3 is 0 Å². The molecule has 134 valence electrons. The number of aryl methyl sites for hydroxylation is 2. The topological polar surface area (TPSA) is 81.3 Å². The minimum atomic E-state index is -0.443. The zero-order chi connectivity index (χ0) is 19.0. The van der Waals surface area contributed by atoms with Crippen molar-refractivity contribution in [2.24, 2.45) is 7.05 Å². The maximum atomic E-state index is 12.5. The molecule has 7 nitrogen and oxygen atoms in total. The fourth-order valence-electron chi connectivity index (χ4n) is 2.99. The van der Waals surface area contributed by atoms with Crippen molar-refractivity contribution in [3.63, 3.8) is 0 Å². The van der Waals surface area contributed by atoms with Gasteiger partial charge in [0.05, 0.1) is 5.69 Å². The highest BCUT2D eigenvalue weighted by molar-refractivity contribution is 6.04. The molecule has 27 heavy (non-hydrogen) atoms. The van der Waals surface area contributed by atoms with Gasteiger partial charge in [-0.15, -0.1) is 0 Å². The molecule has 3 heterocycles. The molecular weight excluding hydrogens is 342 g/mol. The van der Waals surface area contributed by atoms with Gasteiger partial charge in [-0.3, -0.25) is 14.0 Å². The largest absolute Gasteiger partial charge is 0.322 e. The molecule has 0 aliphatic carbocycles. The molecule has 0 atom stereocenters. The lowest BCUT2D eigenvalue weighted by Crippen LogP contribution is -2.27. The molecule has 0 aliphatic rings. The van der Waals surface area contributed by atoms with E-state index < -0.39 is 5.91 Å². The number of imidazole rings is 1. The molecule has 1 amide bonds. The summed E-state index contributed by atoms with van der Waals surface area (Å²) in [6, 6.07) is 12.4. The number of rotatable bonds is 3. The lowest BCUT2D eigenvalue weighted by molar-refractivity contribution is 0.102. The Labute approximate surface area is 155 Å². The molecule has 0 bridgehead atoms. The van der Waals surface area contributed by atoms with Crippen LogP contribution < -0.4 is 10.9 Å². The van der Waals surface area contributed by atoms with Crippen molar-refractivity contribution in [1.29, 1.82) is 0 Å². The number of carbonyl (C=O) groups excluding carboxylic acids is 1. The number of benzene rings is 1. The van der Waals surface area contributed by atoms with E-state index >= 15 is 0 Å². The maximum Gasteiger partial charge on any atom is 0.263 e. The molecule has 1 aromatic carbocycles. The first-order valence-electron chi connectivity index (χ1n) is 8.42. The number of carbonyl (C=O) groups is 1. The van der Waals surface area contributed by atoms with Gasteiger partial charge in [-0.1, -0.05) is 12.1 Å². The third-order valence-corrected chi connectivity index (χ3v) is 4.40. The van der Waals surface area contributed by atoms with E-state index in [0.29, 0.717) is 11.5 Å². The van der Waals surface area contributed by atoms with Crippen LogP contribution in [0.1, 0.15) is 16.1 Å². The molecule has 7 heteroatoms. The SMILES string of the molecule is Cc1c(-c2cccc(NC(=O)c3cccn(C)c3=O)c2)nc2ncccn12. The first-order chi connectivity index (χ1) is 13.0. The molecule has 0 saturated heterocycles. The predicted octanol–water partition coefficient (Wildman–Crippen LogP) is 2.66. The Morgan fingerprint density at radius 1 is 1.11 bits per heavy atom. The number of nitrogens with one attached hydrogen (secondary N) is 1. The second-order valence-corrected chi connectivity index (χ2v) is 6.21. The number of nitrogens with zero attached hydrogens (tertiary/aromatic N) is 4. The zero-order valence-corrected chi connectivity index (χ0v) is 14.9. The van der Waals surface area contributed by atoms with Crippen LogP contribution in [0.5, 0.6) is 0 Å². The summed E-state index contributed by atoms with van der Waals surface area (Å²) in [5, 5.41) is 2.79. The smallest absolute Gasteiger partial charge is 0.263 e. The number of fused-ring (bicyclic) bond motifs is 1. The lowest BCUT2D eigenvalue weighted by atomic mass is 10.1. The molecule has 0 fully saturated rings. The highest BCUT2D eigenvalue weighted by Crippen LogP contribution is 2.25. The van der Waals surface area contributed by atoms with Crippen LogP contribution in [0.3, 0.4) is 0 Å². The molecule has 0 radical (unpaired) electrons. The van der Waals surface area contributed by atoms with Crippen molar-refractivity contribution in [2.45, 2.75) is 6.92 Å². The Morgan fingerprint density at radius 3 is 2.78 bits per heavy atom. The minimum absolute atomic E-state index is 0.0958. The minimum Gasteiger partial charge on any atom is -0.322 e. The van der Waals surface area contributed by atoms with Gasteiger partial charge in [0.2, 0.25) is 5.78 Å². The summed E-state index contributed by atoms with van der Waals surface area (Å²) >= 11 is 0. The van der Waals surface area contributed by atoms with E-state index in [2.05, 4.69) is 15.3 Å². The number of amides is 1. The molecule has 3 aromatic heterocycles. The van der Waals surface area contributed by atoms with Crippen LogP contribution in [-0.2, 0) is 7.05 Å². The van der Waals surface area contributed by atoms with E-state index in [1.807, 2.05) is 41.8 Å². The summed E-state index contributed by atoms with van der Waals surface area (Å²) in [6.45, 7) is 1.97. The van der Waals surface area contributed by atoms with Crippen LogP contribution in [0.15, 0.2) is 65.8 Å². The standard InChI is InChI=1S/C20H17N5O2/c1-13-17(23-20-21-9-5-11-25(13)20)14-6-3-7-15(12-14)22-18(26)16-8-4-10-24(2)19(16)27/h3-12H,1-2H3,(H,22,26). The van der Waals surface area contributed by atoms with Gasteiger partial charge in [0.25, 0.3) is 11.5 Å². The third kappa shape index (κ3) is 2.99. The average Bonchev–Trinajstić information content (AvgIpc) is 3.01. The van der Waals surface area contributed by atoms with Crippen molar-refractivity contribution in [1.82, 2.24) is 18.9 Å². The Bertz CT molecular complexity index is 1220. The predicted molar refractivity (Wildman–Crippen MR) is 103 cm³/mol. The van der Waals surface area contributed by atoms with Gasteiger partial charge in [0.15, 0.2) is 0 Å². The molecule has 1 N–H and O–H groups in total. The van der Waals surface area contributed by atoms with Crippen LogP contribution in [0.2, 0.25) is 0 Å². The van der Waals surface area contributed by atoms with Gasteiger partial charge in [-0.05, 0) is 37.3 Å². The molecule has 4 rings (SSSR count). The third-order valence-electron chi connectivity index (χ3n) is 4.40. The van der Waals surface area contributed by atoms with E-state index in [9.17, 15) is 9.59 Å². The summed E-state index contributed by atoms with van der Waals surface area (Å²) in [5.41, 5.74) is 2.95. The molecule has 4 aromatic rings. The zero-order valence-electron chi connectivity index (χ0n) is 14.9. The van der Waals surface area contributed by atoms with Crippen LogP contribution in [0, 0.1) is 6.92 Å². The molecule has 0 unspecified atom stereocenters. The monoisotopic (exact) mass is 359 g/mol. The Hall–Kier alpha value is -3.74. The summed E-state index contributed by atoms with van der Waals surface area (Å²) in [4.78, 5) is 33.4. The second-order valence-electron chi connectivity index (χ2n) is 6.21. The maximum absolute atomic E-state index is 12.5. The molecule has 0 spiro atoms. The van der Waals surface area contributed by atoms with E-state index in [-0.39, 0.29) is 11.1 Å². The Balaban J connectivity index is 1.68. The van der Waals surface area contributed by atoms with Gasteiger partial charge < -0.3 is 9.88 Å². The fraction of sp³-hybridized carbons (Fsp3) is 0.100. The quantitative estimate of drug-likeness (QED) is 0.610. The van der Waals surface area contributed by atoms with Gasteiger partial charge in [0, 0.05) is 42.6 Å². The number of anilines is 1. The van der Waals surface area contributed by atoms with E-state index in [0.717, 1.165) is 17.0 Å². The Kier molecular flexibility index (Phi) is 4.04. The number of hydrogen-bond acceptors (Lipinski definition) is 4. The van der Waals surface area contributed by atoms with Crippen LogP contribution >= 0.6 is 0 Å². The van der Waals surface area contributed by atoms with Crippen LogP contribution in [-0.4, -0.2) is 24.8 Å². The molecule has 0 saturated carbocycles. The van der Waals surface area contributed by atoms with Crippen molar-refractivity contribution in [3.8, 4) is 11.3 Å². The van der Waals surface area contributed by atoms with Gasteiger partial charge in [-0.2, -0.15) is 0 Å². The van der Waals surface area contributed by atoms with Crippen LogP contribution in [0.4, 0.5) is 5.69 Å². The van der Waals surface area contributed by atoms with Crippen LogP contribution in [0.25, 0.3) is 17.0 Å². The van der Waals surface area contributed by atoms with Gasteiger partial charge in [0.1, 0.15) is 5.56 Å². The number of hydrogen-bond donors (Lipinski definition) is 1. The van der Waals surface area contributed by atoms with Crippen molar-refractivity contribution < 1.29 is 4.79 Å². The summed E-state index contributed by atoms with van der Waals surface area (Å²) in [7, 11) is 1.61. The second kappa shape index (κ2) is 6.53. The fourth-order valence-corrected chi connectivity index (χ4v) is 2.99. The van der Waals surface area contributed by atoms with Crippen molar-refractivity contribution >= 4 is 17.4 Å². The van der Waals surface area contributed by atoms with E-state index in [4.69, 9.17) is 0 Å². The highest BCUT2D eigenvalue weighted by Gasteiger charge is 2.14.